The van der Waals surface area contributed by atoms with Crippen molar-refractivity contribution >= 4 is 44.3 Å². The smallest absolute Gasteiger partial charge is 0.248 e. The molecule has 0 saturated heterocycles. The lowest BCUT2D eigenvalue weighted by molar-refractivity contribution is 0.464. The van der Waals surface area contributed by atoms with E-state index in [1.807, 2.05) is 12.3 Å². The van der Waals surface area contributed by atoms with Crippen molar-refractivity contribution in [2.75, 3.05) is 7.05 Å². The molecular formula is C11H13ClN2O2S3. The molecule has 0 N–H and O–H groups in total. The highest BCUT2D eigenvalue weighted by Crippen LogP contribution is 2.29. The van der Waals surface area contributed by atoms with Crippen LogP contribution in [-0.4, -0.2) is 24.8 Å². The van der Waals surface area contributed by atoms with Crippen molar-refractivity contribution in [3.8, 4) is 0 Å². The van der Waals surface area contributed by atoms with Crippen LogP contribution in [0.1, 0.15) is 16.1 Å². The highest BCUT2D eigenvalue weighted by molar-refractivity contribution is 7.91. The van der Waals surface area contributed by atoms with E-state index in [1.165, 1.54) is 27.0 Å². The summed E-state index contributed by atoms with van der Waals surface area (Å²) in [4.78, 5) is 4.99. The van der Waals surface area contributed by atoms with Crippen molar-refractivity contribution in [3.63, 3.8) is 0 Å². The number of rotatable bonds is 5. The summed E-state index contributed by atoms with van der Waals surface area (Å²) < 4.78 is 26.5. The third kappa shape index (κ3) is 3.17. The standard InChI is InChI=1S/C11H13ClN2O2S3/c1-8-3-11(18-10(8)4-12)19(15,16)14(2)5-9-6-17-7-13-9/h3,6-7H,4-5H2,1-2H3. The molecule has 0 fully saturated rings. The molecule has 4 nitrogen and oxygen atoms in total. The molecule has 0 unspecified atom stereocenters. The van der Waals surface area contributed by atoms with E-state index in [1.54, 1.807) is 18.6 Å². The van der Waals surface area contributed by atoms with Gasteiger partial charge in [0.05, 0.1) is 23.6 Å². The Labute approximate surface area is 125 Å². The van der Waals surface area contributed by atoms with Gasteiger partial charge in [-0.15, -0.1) is 34.3 Å². The third-order valence-electron chi connectivity index (χ3n) is 2.65. The summed E-state index contributed by atoms with van der Waals surface area (Å²) in [5.41, 5.74) is 3.36. The summed E-state index contributed by atoms with van der Waals surface area (Å²) in [5, 5.41) is 1.84. The Bertz CT molecular complexity index is 650. The SMILES string of the molecule is Cc1cc(S(=O)(=O)N(C)Cc2cscn2)sc1CCl. The average Bonchev–Trinajstić information content (AvgIpc) is 2.98. The second-order valence-electron chi connectivity index (χ2n) is 4.05. The Kier molecular flexibility index (Phi) is 4.62. The molecule has 2 aromatic heterocycles. The first-order chi connectivity index (χ1) is 8.95. The second kappa shape index (κ2) is 5.88. The van der Waals surface area contributed by atoms with Crippen LogP contribution in [0.15, 0.2) is 21.2 Å². The number of thiazole rings is 1. The van der Waals surface area contributed by atoms with Crippen LogP contribution in [0.25, 0.3) is 0 Å². The van der Waals surface area contributed by atoms with Crippen LogP contribution in [0.5, 0.6) is 0 Å². The van der Waals surface area contributed by atoms with Crippen LogP contribution in [0.4, 0.5) is 0 Å². The normalized spacial score (nSPS) is 12.2. The number of thiophene rings is 1. The van der Waals surface area contributed by atoms with Crippen LogP contribution in [0, 0.1) is 6.92 Å². The highest BCUT2D eigenvalue weighted by Gasteiger charge is 2.24. The number of sulfonamides is 1. The molecule has 0 aromatic carbocycles. The highest BCUT2D eigenvalue weighted by atomic mass is 35.5. The molecule has 0 aliphatic carbocycles. The fraction of sp³-hybridized carbons (Fsp3) is 0.364. The molecule has 0 bridgehead atoms. The summed E-state index contributed by atoms with van der Waals surface area (Å²) in [7, 11) is -1.91. The first-order valence-corrected chi connectivity index (χ1v) is 9.17. The predicted octanol–water partition coefficient (Wildman–Crippen LogP) is 3.07. The van der Waals surface area contributed by atoms with Crippen molar-refractivity contribution in [3.05, 3.63) is 33.1 Å². The number of hydrogen-bond acceptors (Lipinski definition) is 5. The van der Waals surface area contributed by atoms with E-state index in [4.69, 9.17) is 11.6 Å². The zero-order valence-corrected chi connectivity index (χ0v) is 13.7. The van der Waals surface area contributed by atoms with Gasteiger partial charge in [-0.25, -0.2) is 13.4 Å². The molecule has 0 amide bonds. The van der Waals surface area contributed by atoms with Crippen LogP contribution in [-0.2, 0) is 22.4 Å². The number of aryl methyl sites for hydroxylation is 1. The average molecular weight is 337 g/mol. The lowest BCUT2D eigenvalue weighted by Gasteiger charge is -2.14. The predicted molar refractivity (Wildman–Crippen MR) is 79.4 cm³/mol. The van der Waals surface area contributed by atoms with Gasteiger partial charge in [0.2, 0.25) is 0 Å². The molecule has 0 radical (unpaired) electrons. The maximum atomic E-state index is 12.4. The molecule has 0 atom stereocenters. The van der Waals surface area contributed by atoms with E-state index >= 15 is 0 Å². The molecule has 104 valence electrons. The molecule has 0 saturated carbocycles. The van der Waals surface area contributed by atoms with Gasteiger partial charge >= 0.3 is 0 Å². The molecule has 0 aliphatic heterocycles. The molecule has 2 heterocycles. The molecule has 8 heteroatoms. The molecular weight excluding hydrogens is 324 g/mol. The van der Waals surface area contributed by atoms with Gasteiger partial charge in [0.25, 0.3) is 10.0 Å². The fourth-order valence-corrected chi connectivity index (χ4v) is 5.25. The Morgan fingerprint density at radius 1 is 1.47 bits per heavy atom. The maximum Gasteiger partial charge on any atom is 0.252 e. The largest absolute Gasteiger partial charge is 0.252 e. The van der Waals surface area contributed by atoms with Crippen molar-refractivity contribution in [1.82, 2.24) is 9.29 Å². The number of halogens is 1. The van der Waals surface area contributed by atoms with Crippen LogP contribution in [0.2, 0.25) is 0 Å². The van der Waals surface area contributed by atoms with Gasteiger partial charge < -0.3 is 0 Å². The van der Waals surface area contributed by atoms with Crippen LogP contribution < -0.4 is 0 Å². The number of hydrogen-bond donors (Lipinski definition) is 0. The topological polar surface area (TPSA) is 50.3 Å². The Hall–Kier alpha value is -0.470. The van der Waals surface area contributed by atoms with Crippen molar-refractivity contribution < 1.29 is 8.42 Å². The maximum absolute atomic E-state index is 12.4. The van der Waals surface area contributed by atoms with E-state index in [-0.39, 0.29) is 6.54 Å². The number of nitrogens with zero attached hydrogens (tertiary/aromatic N) is 2. The summed E-state index contributed by atoms with van der Waals surface area (Å²) >= 11 is 8.46. The minimum atomic E-state index is -3.47. The van der Waals surface area contributed by atoms with Crippen molar-refractivity contribution in [2.24, 2.45) is 0 Å². The van der Waals surface area contributed by atoms with Gasteiger partial charge in [0.1, 0.15) is 4.21 Å². The summed E-state index contributed by atoms with van der Waals surface area (Å²) in [6.07, 6.45) is 0. The van der Waals surface area contributed by atoms with Gasteiger partial charge in [-0.3, -0.25) is 0 Å². The monoisotopic (exact) mass is 336 g/mol. The fourth-order valence-electron chi connectivity index (χ4n) is 1.53. The van der Waals surface area contributed by atoms with Gasteiger partial charge in [0.15, 0.2) is 0 Å². The molecule has 0 spiro atoms. The van der Waals surface area contributed by atoms with E-state index in [9.17, 15) is 8.42 Å². The zero-order valence-electron chi connectivity index (χ0n) is 10.5. The zero-order chi connectivity index (χ0) is 14.0. The van der Waals surface area contributed by atoms with Gasteiger partial charge in [0, 0.05) is 17.3 Å². The lowest BCUT2D eigenvalue weighted by Crippen LogP contribution is -2.25. The van der Waals surface area contributed by atoms with Gasteiger partial charge in [-0.2, -0.15) is 4.31 Å². The van der Waals surface area contributed by atoms with Gasteiger partial charge in [-0.05, 0) is 18.6 Å². The molecule has 2 rings (SSSR count). The van der Waals surface area contributed by atoms with Crippen LogP contribution >= 0.6 is 34.3 Å². The van der Waals surface area contributed by atoms with Crippen LogP contribution in [0.3, 0.4) is 0 Å². The first-order valence-electron chi connectivity index (χ1n) is 5.44. The first kappa shape index (κ1) is 14.9. The second-order valence-corrected chi connectivity index (χ2v) is 8.44. The number of aromatic nitrogens is 1. The van der Waals surface area contributed by atoms with E-state index < -0.39 is 10.0 Å². The molecule has 19 heavy (non-hydrogen) atoms. The summed E-state index contributed by atoms with van der Waals surface area (Å²) in [6.45, 7) is 2.15. The number of alkyl halides is 1. The molecule has 0 aliphatic rings. The van der Waals surface area contributed by atoms with Crippen molar-refractivity contribution in [2.45, 2.75) is 23.6 Å². The minimum absolute atomic E-state index is 0.277. The van der Waals surface area contributed by atoms with Crippen molar-refractivity contribution in [1.29, 1.82) is 0 Å². The summed E-state index contributed by atoms with van der Waals surface area (Å²) in [6, 6.07) is 1.68. The Morgan fingerprint density at radius 3 is 2.74 bits per heavy atom. The van der Waals surface area contributed by atoms with E-state index in [2.05, 4.69) is 4.98 Å². The Morgan fingerprint density at radius 2 is 2.21 bits per heavy atom. The quantitative estimate of drug-likeness (QED) is 0.788. The summed E-state index contributed by atoms with van der Waals surface area (Å²) in [5.74, 6) is 0.335. The third-order valence-corrected chi connectivity index (χ3v) is 7.20. The Balaban J connectivity index is 2.25. The van der Waals surface area contributed by atoms with E-state index in [0.717, 1.165) is 16.1 Å². The van der Waals surface area contributed by atoms with Gasteiger partial charge in [-0.1, -0.05) is 0 Å². The van der Waals surface area contributed by atoms with E-state index in [0.29, 0.717) is 10.1 Å². The minimum Gasteiger partial charge on any atom is -0.248 e. The lowest BCUT2D eigenvalue weighted by atomic mass is 10.3. The molecule has 2 aromatic rings.